The average Bonchev–Trinajstić information content (AvgIpc) is 3.35. The van der Waals surface area contributed by atoms with Gasteiger partial charge < -0.3 is 9.80 Å². The van der Waals surface area contributed by atoms with Crippen LogP contribution in [0.1, 0.15) is 60.0 Å². The Morgan fingerprint density at radius 3 is 2.50 bits per heavy atom. The number of rotatable bonds is 7. The van der Waals surface area contributed by atoms with Gasteiger partial charge in [-0.2, -0.15) is 0 Å². The summed E-state index contributed by atoms with van der Waals surface area (Å²) in [6.45, 7) is 7.33. The Labute approximate surface area is 215 Å². The smallest absolute Gasteiger partial charge is 0.254 e. The first-order valence-corrected chi connectivity index (χ1v) is 13.2. The number of hydrogen-bond donors (Lipinski definition) is 0. The van der Waals surface area contributed by atoms with Crippen LogP contribution in [0.25, 0.3) is 0 Å². The third kappa shape index (κ3) is 4.74. The van der Waals surface area contributed by atoms with E-state index in [-0.39, 0.29) is 23.8 Å². The molecule has 0 bridgehead atoms. The van der Waals surface area contributed by atoms with E-state index in [1.54, 1.807) is 28.4 Å². The highest BCUT2D eigenvalue weighted by atomic mass is 35.5. The maximum absolute atomic E-state index is 14.4. The lowest BCUT2D eigenvalue weighted by atomic mass is 9.80. The molecule has 0 saturated heterocycles. The SMILES string of the molecule is CCCN(C(=O)[C@H]1c2ccccc2C(=O)N(CC(C)C)[C@H]1c1cccs1)c1ccc(Cl)c(Cl)c1. The van der Waals surface area contributed by atoms with Gasteiger partial charge >= 0.3 is 0 Å². The topological polar surface area (TPSA) is 40.6 Å². The van der Waals surface area contributed by atoms with E-state index >= 15 is 0 Å². The summed E-state index contributed by atoms with van der Waals surface area (Å²) in [5.74, 6) is -0.350. The molecule has 34 heavy (non-hydrogen) atoms. The van der Waals surface area contributed by atoms with E-state index in [1.807, 2.05) is 59.7 Å². The van der Waals surface area contributed by atoms with E-state index in [1.165, 1.54) is 0 Å². The molecule has 2 atom stereocenters. The number of halogens is 2. The summed E-state index contributed by atoms with van der Waals surface area (Å²) in [5.41, 5.74) is 2.08. The van der Waals surface area contributed by atoms with Crippen LogP contribution in [0.4, 0.5) is 5.69 Å². The van der Waals surface area contributed by atoms with Gasteiger partial charge in [-0.25, -0.2) is 0 Å². The number of amides is 2. The molecule has 2 heterocycles. The molecule has 4 rings (SSSR count). The van der Waals surface area contributed by atoms with Crippen molar-refractivity contribution in [2.75, 3.05) is 18.0 Å². The van der Waals surface area contributed by atoms with Gasteiger partial charge in [-0.1, -0.05) is 68.2 Å². The molecule has 4 nitrogen and oxygen atoms in total. The largest absolute Gasteiger partial charge is 0.329 e. The molecular weight excluding hydrogens is 487 g/mol. The number of carbonyl (C=O) groups is 2. The predicted octanol–water partition coefficient (Wildman–Crippen LogP) is 7.43. The highest BCUT2D eigenvalue weighted by Gasteiger charge is 2.46. The van der Waals surface area contributed by atoms with Crippen LogP contribution in [-0.4, -0.2) is 29.8 Å². The highest BCUT2D eigenvalue weighted by Crippen LogP contribution is 2.46. The monoisotopic (exact) mass is 514 g/mol. The molecule has 178 valence electrons. The van der Waals surface area contributed by atoms with Crippen molar-refractivity contribution in [3.63, 3.8) is 0 Å². The van der Waals surface area contributed by atoms with Crippen molar-refractivity contribution in [1.82, 2.24) is 4.90 Å². The first-order chi connectivity index (χ1) is 16.3. The quantitative estimate of drug-likeness (QED) is 0.328. The lowest BCUT2D eigenvalue weighted by Gasteiger charge is -2.43. The van der Waals surface area contributed by atoms with Crippen LogP contribution >= 0.6 is 34.5 Å². The van der Waals surface area contributed by atoms with Gasteiger partial charge in [0.05, 0.1) is 22.0 Å². The maximum atomic E-state index is 14.4. The summed E-state index contributed by atoms with van der Waals surface area (Å²) in [4.78, 5) is 32.7. The third-order valence-corrected chi connectivity index (χ3v) is 7.71. The second-order valence-corrected chi connectivity index (χ2v) is 10.8. The fourth-order valence-corrected chi connectivity index (χ4v) is 5.81. The fraction of sp³-hybridized carbons (Fsp3) is 0.333. The Morgan fingerprint density at radius 1 is 1.09 bits per heavy atom. The van der Waals surface area contributed by atoms with Crippen LogP contribution in [0.3, 0.4) is 0 Å². The van der Waals surface area contributed by atoms with Gasteiger partial charge in [0.2, 0.25) is 5.91 Å². The number of carbonyl (C=O) groups excluding carboxylic acids is 2. The zero-order valence-electron chi connectivity index (χ0n) is 19.5. The molecule has 0 radical (unpaired) electrons. The molecule has 0 saturated carbocycles. The van der Waals surface area contributed by atoms with Crippen molar-refractivity contribution in [3.8, 4) is 0 Å². The Bertz CT molecular complexity index is 1180. The van der Waals surface area contributed by atoms with Gasteiger partial charge in [-0.3, -0.25) is 9.59 Å². The molecule has 1 aromatic heterocycles. The molecule has 3 aromatic rings. The zero-order valence-corrected chi connectivity index (χ0v) is 21.8. The summed E-state index contributed by atoms with van der Waals surface area (Å²) in [5, 5.41) is 2.85. The average molecular weight is 516 g/mol. The number of benzene rings is 2. The van der Waals surface area contributed by atoms with Gasteiger partial charge in [0.15, 0.2) is 0 Å². The Hall–Kier alpha value is -2.34. The van der Waals surface area contributed by atoms with Crippen molar-refractivity contribution in [1.29, 1.82) is 0 Å². The number of hydrogen-bond acceptors (Lipinski definition) is 3. The Balaban J connectivity index is 1.89. The Kier molecular flexibility index (Phi) is 7.66. The molecule has 0 aliphatic carbocycles. The molecule has 0 N–H and O–H groups in total. The highest BCUT2D eigenvalue weighted by molar-refractivity contribution is 7.10. The second-order valence-electron chi connectivity index (χ2n) is 8.96. The minimum absolute atomic E-state index is 0.0247. The number of thiophene rings is 1. The number of fused-ring (bicyclic) bond motifs is 1. The standard InChI is InChI=1S/C27H28Cl2N2O2S/c1-4-13-30(18-11-12-21(28)22(29)15-18)27(33)24-19-8-5-6-9-20(19)26(32)31(16-17(2)3)25(24)23-10-7-14-34-23/h5-12,14-15,17,24-25H,4,13,16H2,1-3H3/t24-,25-/m0/s1. The predicted molar refractivity (Wildman–Crippen MR) is 141 cm³/mol. The van der Waals surface area contributed by atoms with Gasteiger partial charge in [0, 0.05) is 29.2 Å². The number of anilines is 1. The lowest BCUT2D eigenvalue weighted by Crippen LogP contribution is -2.49. The first-order valence-electron chi connectivity index (χ1n) is 11.5. The van der Waals surface area contributed by atoms with Crippen LogP contribution in [0.5, 0.6) is 0 Å². The molecule has 0 unspecified atom stereocenters. The Morgan fingerprint density at radius 2 is 1.85 bits per heavy atom. The molecular formula is C27H28Cl2N2O2S. The summed E-state index contributed by atoms with van der Waals surface area (Å²) < 4.78 is 0. The number of nitrogens with zero attached hydrogens (tertiary/aromatic N) is 2. The third-order valence-electron chi connectivity index (χ3n) is 6.03. The van der Waals surface area contributed by atoms with Crippen LogP contribution < -0.4 is 4.90 Å². The summed E-state index contributed by atoms with van der Waals surface area (Å²) >= 11 is 14.1. The van der Waals surface area contributed by atoms with Crippen molar-refractivity contribution in [3.05, 3.63) is 86.0 Å². The van der Waals surface area contributed by atoms with Crippen molar-refractivity contribution in [2.45, 2.75) is 39.2 Å². The minimum Gasteiger partial charge on any atom is -0.329 e. The second kappa shape index (κ2) is 10.5. The molecule has 0 fully saturated rings. The van der Waals surface area contributed by atoms with Gasteiger partial charge in [0.25, 0.3) is 5.91 Å². The lowest BCUT2D eigenvalue weighted by molar-refractivity contribution is -0.121. The van der Waals surface area contributed by atoms with E-state index < -0.39 is 5.92 Å². The van der Waals surface area contributed by atoms with Crippen LogP contribution in [0.2, 0.25) is 10.0 Å². The fourth-order valence-electron chi connectivity index (χ4n) is 4.64. The minimum atomic E-state index is -0.535. The molecule has 0 spiro atoms. The zero-order chi connectivity index (χ0) is 24.4. The summed E-state index contributed by atoms with van der Waals surface area (Å²) in [6, 6.07) is 16.4. The normalized spacial score (nSPS) is 17.7. The van der Waals surface area contributed by atoms with Gasteiger partial charge in [0.1, 0.15) is 0 Å². The van der Waals surface area contributed by atoms with Crippen LogP contribution in [0.15, 0.2) is 60.0 Å². The maximum Gasteiger partial charge on any atom is 0.254 e. The molecule has 1 aliphatic heterocycles. The van der Waals surface area contributed by atoms with E-state index in [2.05, 4.69) is 13.8 Å². The molecule has 7 heteroatoms. The van der Waals surface area contributed by atoms with Crippen LogP contribution in [-0.2, 0) is 4.79 Å². The van der Waals surface area contributed by atoms with E-state index in [4.69, 9.17) is 23.2 Å². The van der Waals surface area contributed by atoms with E-state index in [9.17, 15) is 9.59 Å². The van der Waals surface area contributed by atoms with E-state index in [0.717, 1.165) is 16.9 Å². The summed E-state index contributed by atoms with van der Waals surface area (Å²) in [6.07, 6.45) is 0.776. The van der Waals surface area contributed by atoms with Crippen LogP contribution in [0, 0.1) is 5.92 Å². The van der Waals surface area contributed by atoms with Crippen molar-refractivity contribution < 1.29 is 9.59 Å². The molecule has 2 amide bonds. The summed E-state index contributed by atoms with van der Waals surface area (Å²) in [7, 11) is 0. The van der Waals surface area contributed by atoms with Crippen molar-refractivity contribution in [2.24, 2.45) is 5.92 Å². The molecule has 1 aliphatic rings. The van der Waals surface area contributed by atoms with Gasteiger partial charge in [-0.15, -0.1) is 11.3 Å². The first kappa shape index (κ1) is 24.8. The molecule has 2 aromatic carbocycles. The van der Waals surface area contributed by atoms with Gasteiger partial charge in [-0.05, 0) is 53.6 Å². The van der Waals surface area contributed by atoms with E-state index in [0.29, 0.717) is 34.4 Å². The van der Waals surface area contributed by atoms with Crippen molar-refractivity contribution >= 4 is 52.0 Å².